The van der Waals surface area contributed by atoms with Gasteiger partial charge in [-0.05, 0) is 44.0 Å². The van der Waals surface area contributed by atoms with Gasteiger partial charge in [-0.15, -0.1) is 0 Å². The molecule has 0 unspecified atom stereocenters. The van der Waals surface area contributed by atoms with Crippen molar-refractivity contribution in [2.24, 2.45) is 11.8 Å². The van der Waals surface area contributed by atoms with Gasteiger partial charge >= 0.3 is 0 Å². The van der Waals surface area contributed by atoms with E-state index < -0.39 is 0 Å². The van der Waals surface area contributed by atoms with Gasteiger partial charge in [0.05, 0.1) is 11.8 Å². The van der Waals surface area contributed by atoms with Crippen molar-refractivity contribution >= 4 is 29.2 Å². The highest BCUT2D eigenvalue weighted by atomic mass is 16.2. The maximum atomic E-state index is 12.7. The zero-order chi connectivity index (χ0) is 21.3. The van der Waals surface area contributed by atoms with E-state index in [0.717, 1.165) is 44.5 Å². The van der Waals surface area contributed by atoms with E-state index >= 15 is 0 Å². The number of fused-ring (bicyclic) bond motifs is 1. The number of carbonyl (C=O) groups excluding carboxylic acids is 4. The van der Waals surface area contributed by atoms with E-state index in [1.165, 1.54) is 4.90 Å². The van der Waals surface area contributed by atoms with E-state index in [-0.39, 0.29) is 48.3 Å². The van der Waals surface area contributed by atoms with E-state index in [2.05, 4.69) is 4.90 Å². The smallest absolute Gasteiger partial charge is 0.233 e. The lowest BCUT2D eigenvalue weighted by molar-refractivity contribution is -0.140. The Hall–Kier alpha value is -2.70. The van der Waals surface area contributed by atoms with Gasteiger partial charge in [-0.2, -0.15) is 0 Å². The molecule has 1 saturated carbocycles. The Labute approximate surface area is 177 Å². The highest BCUT2D eigenvalue weighted by Gasteiger charge is 2.47. The van der Waals surface area contributed by atoms with E-state index in [1.807, 2.05) is 29.2 Å². The molecule has 3 aliphatic rings. The van der Waals surface area contributed by atoms with Gasteiger partial charge in [0, 0.05) is 50.4 Å². The molecule has 1 aromatic rings. The topological polar surface area (TPSA) is 78.0 Å². The highest BCUT2D eigenvalue weighted by Crippen LogP contribution is 2.38. The van der Waals surface area contributed by atoms with Gasteiger partial charge in [-0.25, -0.2) is 0 Å². The first-order chi connectivity index (χ1) is 14.5. The fourth-order valence-electron chi connectivity index (χ4n) is 4.94. The summed E-state index contributed by atoms with van der Waals surface area (Å²) in [7, 11) is 0. The predicted octanol–water partition coefficient (Wildman–Crippen LogP) is 2.10. The van der Waals surface area contributed by atoms with Crippen LogP contribution in [-0.4, -0.2) is 66.0 Å². The van der Waals surface area contributed by atoms with E-state index in [0.29, 0.717) is 18.7 Å². The van der Waals surface area contributed by atoms with Gasteiger partial charge in [-0.3, -0.25) is 24.1 Å². The third-order valence-corrected chi connectivity index (χ3v) is 6.75. The molecule has 3 fully saturated rings. The Bertz CT molecular complexity index is 819. The van der Waals surface area contributed by atoms with E-state index in [9.17, 15) is 19.2 Å². The molecule has 0 N–H and O–H groups in total. The summed E-state index contributed by atoms with van der Waals surface area (Å²) in [5.74, 6) is -0.408. The molecule has 2 heterocycles. The summed E-state index contributed by atoms with van der Waals surface area (Å²) < 4.78 is 0. The summed E-state index contributed by atoms with van der Waals surface area (Å²) in [6.45, 7) is 4.42. The molecule has 0 spiro atoms. The maximum Gasteiger partial charge on any atom is 0.233 e. The summed E-state index contributed by atoms with van der Waals surface area (Å²) in [6.07, 6.45) is 3.82. The lowest BCUT2D eigenvalue weighted by Gasteiger charge is -2.36. The fourth-order valence-corrected chi connectivity index (χ4v) is 4.94. The van der Waals surface area contributed by atoms with Crippen LogP contribution in [0.5, 0.6) is 0 Å². The molecular weight excluding hydrogens is 382 g/mol. The van der Waals surface area contributed by atoms with Crippen LogP contribution in [0, 0.1) is 11.8 Å². The highest BCUT2D eigenvalue weighted by molar-refractivity contribution is 6.05. The molecule has 1 aromatic carbocycles. The van der Waals surface area contributed by atoms with Crippen molar-refractivity contribution in [3.05, 3.63) is 29.8 Å². The Morgan fingerprint density at radius 2 is 1.47 bits per heavy atom. The van der Waals surface area contributed by atoms with Crippen molar-refractivity contribution in [2.45, 2.75) is 39.0 Å². The molecule has 1 aliphatic carbocycles. The number of hydrogen-bond donors (Lipinski definition) is 0. The summed E-state index contributed by atoms with van der Waals surface area (Å²) in [5.41, 5.74) is 1.74. The number of Topliss-reactive ketones (excluding diaryl/α,β-unsaturated/α-hetero) is 1. The van der Waals surface area contributed by atoms with Crippen LogP contribution < -0.4 is 4.90 Å². The lowest BCUT2D eigenvalue weighted by Crippen LogP contribution is -2.49. The minimum Gasteiger partial charge on any atom is -0.368 e. The zero-order valence-electron chi connectivity index (χ0n) is 17.5. The van der Waals surface area contributed by atoms with Gasteiger partial charge in [-0.1, -0.05) is 12.8 Å². The Morgan fingerprint density at radius 1 is 0.900 bits per heavy atom. The number of likely N-dealkylation sites (tertiary alicyclic amines) is 1. The normalized spacial score (nSPS) is 24.2. The summed E-state index contributed by atoms with van der Waals surface area (Å²) >= 11 is 0. The van der Waals surface area contributed by atoms with Crippen LogP contribution in [0.25, 0.3) is 0 Å². The largest absolute Gasteiger partial charge is 0.368 e. The number of amides is 3. The second kappa shape index (κ2) is 8.58. The van der Waals surface area contributed by atoms with Crippen molar-refractivity contribution in [1.82, 2.24) is 9.80 Å². The number of nitrogens with zero attached hydrogens (tertiary/aromatic N) is 3. The van der Waals surface area contributed by atoms with Crippen LogP contribution in [-0.2, 0) is 14.4 Å². The molecular formula is C23H29N3O4. The minimum absolute atomic E-state index is 0.00273. The molecule has 160 valence electrons. The molecule has 2 atom stereocenters. The first kappa shape index (κ1) is 20.6. The molecule has 3 amide bonds. The van der Waals surface area contributed by atoms with Crippen molar-refractivity contribution in [3.8, 4) is 0 Å². The van der Waals surface area contributed by atoms with Gasteiger partial charge in [0.15, 0.2) is 5.78 Å². The van der Waals surface area contributed by atoms with Gasteiger partial charge in [0.1, 0.15) is 0 Å². The number of rotatable bonds is 5. The summed E-state index contributed by atoms with van der Waals surface area (Å²) in [5, 5.41) is 0. The molecule has 0 bridgehead atoms. The molecule has 0 radical (unpaired) electrons. The van der Waals surface area contributed by atoms with Crippen LogP contribution in [0.15, 0.2) is 24.3 Å². The average Bonchev–Trinajstić information content (AvgIpc) is 3.02. The molecule has 4 rings (SSSR count). The van der Waals surface area contributed by atoms with Crippen LogP contribution >= 0.6 is 0 Å². The fraction of sp³-hybridized carbons (Fsp3) is 0.565. The number of carbonyl (C=O) groups is 4. The molecule has 7 heteroatoms. The van der Waals surface area contributed by atoms with Crippen LogP contribution in [0.1, 0.15) is 49.4 Å². The zero-order valence-corrected chi connectivity index (χ0v) is 17.5. The number of benzene rings is 1. The number of ketones is 1. The SMILES string of the molecule is CC(=O)c1ccc(N2CCN(C(=O)CCN3C(=O)[C@@H]4CCCC[C@H]4C3=O)CC2)cc1. The van der Waals surface area contributed by atoms with Gasteiger partial charge in [0.25, 0.3) is 0 Å². The van der Waals surface area contributed by atoms with Crippen molar-refractivity contribution in [3.63, 3.8) is 0 Å². The molecule has 2 saturated heterocycles. The third kappa shape index (κ3) is 3.98. The van der Waals surface area contributed by atoms with Crippen LogP contribution in [0.2, 0.25) is 0 Å². The first-order valence-corrected chi connectivity index (χ1v) is 10.9. The number of imide groups is 1. The van der Waals surface area contributed by atoms with Gasteiger partial charge in [0.2, 0.25) is 17.7 Å². The minimum atomic E-state index is -0.153. The van der Waals surface area contributed by atoms with Crippen LogP contribution in [0.3, 0.4) is 0 Å². The molecule has 7 nitrogen and oxygen atoms in total. The number of hydrogen-bond acceptors (Lipinski definition) is 5. The number of piperazine rings is 1. The second-order valence-corrected chi connectivity index (χ2v) is 8.55. The molecule has 30 heavy (non-hydrogen) atoms. The van der Waals surface area contributed by atoms with Crippen molar-refractivity contribution < 1.29 is 19.2 Å². The second-order valence-electron chi connectivity index (χ2n) is 8.55. The monoisotopic (exact) mass is 411 g/mol. The summed E-state index contributed by atoms with van der Waals surface area (Å²) in [4.78, 5) is 54.6. The molecule has 0 aromatic heterocycles. The Balaban J connectivity index is 1.27. The van der Waals surface area contributed by atoms with Crippen molar-refractivity contribution in [1.29, 1.82) is 0 Å². The van der Waals surface area contributed by atoms with E-state index in [1.54, 1.807) is 6.92 Å². The standard InChI is InChI=1S/C23H29N3O4/c1-16(27)17-6-8-18(9-7-17)24-12-14-25(15-13-24)21(28)10-11-26-22(29)19-4-2-3-5-20(19)23(26)30/h6-9,19-20H,2-5,10-15H2,1H3/t19-,20-/m1/s1. The average molecular weight is 412 g/mol. The van der Waals surface area contributed by atoms with E-state index in [4.69, 9.17) is 0 Å². The first-order valence-electron chi connectivity index (χ1n) is 10.9. The van der Waals surface area contributed by atoms with Crippen molar-refractivity contribution in [2.75, 3.05) is 37.6 Å². The lowest BCUT2D eigenvalue weighted by atomic mass is 9.81. The Kier molecular flexibility index (Phi) is 5.88. The van der Waals surface area contributed by atoms with Crippen LogP contribution in [0.4, 0.5) is 5.69 Å². The summed E-state index contributed by atoms with van der Waals surface area (Å²) in [6, 6.07) is 7.55. The maximum absolute atomic E-state index is 12.7. The predicted molar refractivity (Wildman–Crippen MR) is 112 cm³/mol. The molecule has 2 aliphatic heterocycles. The Morgan fingerprint density at radius 3 is 2.00 bits per heavy atom. The quantitative estimate of drug-likeness (QED) is 0.548. The number of anilines is 1. The third-order valence-electron chi connectivity index (χ3n) is 6.75. The van der Waals surface area contributed by atoms with Gasteiger partial charge < -0.3 is 9.80 Å².